The third-order valence-corrected chi connectivity index (χ3v) is 5.24. The lowest BCUT2D eigenvalue weighted by molar-refractivity contribution is -0.133. The van der Waals surface area contributed by atoms with Crippen LogP contribution in [0.5, 0.6) is 0 Å². The number of nitrogens with one attached hydrogen (secondary N) is 1. The fraction of sp³-hybridized carbons (Fsp3) is 0.933. The molecule has 1 N–H and O–H groups in total. The molecule has 3 nitrogen and oxygen atoms in total. The molecule has 3 heteroatoms. The van der Waals surface area contributed by atoms with E-state index in [1.807, 2.05) is 0 Å². The second-order valence-electron chi connectivity index (χ2n) is 6.31. The molecule has 18 heavy (non-hydrogen) atoms. The van der Waals surface area contributed by atoms with E-state index < -0.39 is 0 Å². The van der Waals surface area contributed by atoms with E-state index in [9.17, 15) is 4.79 Å². The van der Waals surface area contributed by atoms with Crippen molar-refractivity contribution in [2.24, 2.45) is 17.8 Å². The van der Waals surface area contributed by atoms with Gasteiger partial charge in [-0.1, -0.05) is 12.8 Å². The van der Waals surface area contributed by atoms with Gasteiger partial charge >= 0.3 is 0 Å². The van der Waals surface area contributed by atoms with Crippen molar-refractivity contribution in [2.45, 2.75) is 51.5 Å². The molecule has 3 fully saturated rings. The van der Waals surface area contributed by atoms with Crippen LogP contribution >= 0.6 is 0 Å². The number of amides is 1. The van der Waals surface area contributed by atoms with Crippen LogP contribution < -0.4 is 5.32 Å². The summed E-state index contributed by atoms with van der Waals surface area (Å²) in [5, 5.41) is 3.55. The highest BCUT2D eigenvalue weighted by Crippen LogP contribution is 2.58. The molecule has 1 aliphatic heterocycles. The number of nitrogens with zero attached hydrogens (tertiary/aromatic N) is 1. The SMILES string of the molecule is CCN(CC1CCCCN1)C(=O)C1C2CCCC21. The van der Waals surface area contributed by atoms with Gasteiger partial charge in [0.05, 0.1) is 0 Å². The topological polar surface area (TPSA) is 32.3 Å². The first-order chi connectivity index (χ1) is 8.81. The molecule has 3 atom stereocenters. The Hall–Kier alpha value is -0.570. The van der Waals surface area contributed by atoms with Gasteiger partial charge in [0.25, 0.3) is 0 Å². The highest BCUT2D eigenvalue weighted by atomic mass is 16.2. The minimum absolute atomic E-state index is 0.405. The number of fused-ring (bicyclic) bond motifs is 1. The first-order valence-electron chi connectivity index (χ1n) is 7.83. The summed E-state index contributed by atoms with van der Waals surface area (Å²) < 4.78 is 0. The highest BCUT2D eigenvalue weighted by Gasteiger charge is 2.57. The van der Waals surface area contributed by atoms with Crippen LogP contribution in [0.3, 0.4) is 0 Å². The minimum Gasteiger partial charge on any atom is -0.341 e. The average molecular weight is 250 g/mol. The molecule has 0 bridgehead atoms. The van der Waals surface area contributed by atoms with E-state index in [4.69, 9.17) is 0 Å². The van der Waals surface area contributed by atoms with E-state index in [0.717, 1.165) is 31.5 Å². The predicted octanol–water partition coefficient (Wildman–Crippen LogP) is 2.02. The molecular weight excluding hydrogens is 224 g/mol. The van der Waals surface area contributed by atoms with Crippen LogP contribution in [0.2, 0.25) is 0 Å². The predicted molar refractivity (Wildman–Crippen MR) is 72.2 cm³/mol. The van der Waals surface area contributed by atoms with Crippen molar-refractivity contribution >= 4 is 5.91 Å². The zero-order valence-corrected chi connectivity index (χ0v) is 11.5. The summed E-state index contributed by atoms with van der Waals surface area (Å²) in [4.78, 5) is 14.6. The summed E-state index contributed by atoms with van der Waals surface area (Å²) in [6.45, 7) is 5.07. The summed E-state index contributed by atoms with van der Waals surface area (Å²) in [6, 6.07) is 0.543. The Morgan fingerprint density at radius 3 is 2.56 bits per heavy atom. The molecule has 1 saturated heterocycles. The Kier molecular flexibility index (Phi) is 3.60. The number of hydrogen-bond donors (Lipinski definition) is 1. The number of rotatable bonds is 4. The molecule has 0 aromatic heterocycles. The van der Waals surface area contributed by atoms with Gasteiger partial charge in [-0.2, -0.15) is 0 Å². The maximum Gasteiger partial charge on any atom is 0.226 e. The Labute approximate surface area is 110 Å². The smallest absolute Gasteiger partial charge is 0.226 e. The largest absolute Gasteiger partial charge is 0.341 e. The van der Waals surface area contributed by atoms with Crippen molar-refractivity contribution in [2.75, 3.05) is 19.6 Å². The van der Waals surface area contributed by atoms with Crippen LogP contribution in [0.25, 0.3) is 0 Å². The molecule has 3 unspecified atom stereocenters. The Morgan fingerprint density at radius 2 is 1.94 bits per heavy atom. The van der Waals surface area contributed by atoms with Crippen molar-refractivity contribution in [3.8, 4) is 0 Å². The summed E-state index contributed by atoms with van der Waals surface area (Å²) in [5.74, 6) is 2.37. The van der Waals surface area contributed by atoms with E-state index in [0.29, 0.717) is 17.9 Å². The maximum absolute atomic E-state index is 12.5. The fourth-order valence-corrected chi connectivity index (χ4v) is 4.12. The van der Waals surface area contributed by atoms with Crippen molar-refractivity contribution in [1.29, 1.82) is 0 Å². The van der Waals surface area contributed by atoms with Gasteiger partial charge in [0.15, 0.2) is 0 Å². The first-order valence-corrected chi connectivity index (χ1v) is 7.83. The number of carbonyl (C=O) groups is 1. The van der Waals surface area contributed by atoms with Crippen molar-refractivity contribution in [3.05, 3.63) is 0 Å². The Bertz CT molecular complexity index is 302. The quantitative estimate of drug-likeness (QED) is 0.828. The minimum atomic E-state index is 0.405. The normalized spacial score (nSPS) is 38.3. The molecule has 2 saturated carbocycles. The second kappa shape index (κ2) is 5.20. The van der Waals surface area contributed by atoms with Crippen LogP contribution in [0.15, 0.2) is 0 Å². The standard InChI is InChI=1S/C15H26N2O/c1-2-17(10-11-6-3-4-9-16-11)15(18)14-12-7-5-8-13(12)14/h11-14,16H,2-10H2,1H3. The second-order valence-corrected chi connectivity index (χ2v) is 6.31. The van der Waals surface area contributed by atoms with Gasteiger partial charge in [0.2, 0.25) is 5.91 Å². The molecule has 1 heterocycles. The monoisotopic (exact) mass is 250 g/mol. The number of carbonyl (C=O) groups excluding carboxylic acids is 1. The van der Waals surface area contributed by atoms with Gasteiger partial charge in [-0.15, -0.1) is 0 Å². The van der Waals surface area contributed by atoms with Gasteiger partial charge < -0.3 is 10.2 Å². The van der Waals surface area contributed by atoms with Crippen LogP contribution in [-0.2, 0) is 4.79 Å². The van der Waals surface area contributed by atoms with Crippen LogP contribution in [0.1, 0.15) is 45.4 Å². The number of piperidine rings is 1. The fourth-order valence-electron chi connectivity index (χ4n) is 4.12. The summed E-state index contributed by atoms with van der Waals surface area (Å²) in [6.07, 6.45) is 7.82. The van der Waals surface area contributed by atoms with Gasteiger partial charge in [-0.25, -0.2) is 0 Å². The zero-order valence-electron chi connectivity index (χ0n) is 11.5. The van der Waals surface area contributed by atoms with Gasteiger partial charge in [0, 0.05) is 25.0 Å². The summed E-state index contributed by atoms with van der Waals surface area (Å²) in [5.41, 5.74) is 0. The molecule has 102 valence electrons. The van der Waals surface area contributed by atoms with Gasteiger partial charge in [-0.05, 0) is 51.0 Å². The van der Waals surface area contributed by atoms with E-state index in [-0.39, 0.29) is 0 Å². The van der Waals surface area contributed by atoms with Gasteiger partial charge in [-0.3, -0.25) is 4.79 Å². The van der Waals surface area contributed by atoms with Crippen molar-refractivity contribution in [1.82, 2.24) is 10.2 Å². The van der Waals surface area contributed by atoms with Crippen LogP contribution in [-0.4, -0.2) is 36.5 Å². The lowest BCUT2D eigenvalue weighted by atomic mass is 10.0. The van der Waals surface area contributed by atoms with Crippen molar-refractivity contribution < 1.29 is 4.79 Å². The van der Waals surface area contributed by atoms with E-state index >= 15 is 0 Å². The molecule has 0 aromatic carbocycles. The maximum atomic E-state index is 12.5. The molecule has 0 aromatic rings. The highest BCUT2D eigenvalue weighted by molar-refractivity contribution is 5.82. The van der Waals surface area contributed by atoms with Crippen LogP contribution in [0.4, 0.5) is 0 Å². The average Bonchev–Trinajstić information content (AvgIpc) is 2.89. The first kappa shape index (κ1) is 12.5. The van der Waals surface area contributed by atoms with E-state index in [1.54, 1.807) is 0 Å². The molecule has 2 aliphatic carbocycles. The van der Waals surface area contributed by atoms with E-state index in [1.165, 1.54) is 38.5 Å². The van der Waals surface area contributed by atoms with E-state index in [2.05, 4.69) is 17.1 Å². The molecule has 0 spiro atoms. The molecule has 3 aliphatic rings. The Balaban J connectivity index is 1.53. The molecule has 3 rings (SSSR count). The zero-order chi connectivity index (χ0) is 12.5. The summed E-state index contributed by atoms with van der Waals surface area (Å²) >= 11 is 0. The lowest BCUT2D eigenvalue weighted by Gasteiger charge is -2.30. The summed E-state index contributed by atoms with van der Waals surface area (Å²) in [7, 11) is 0. The van der Waals surface area contributed by atoms with Gasteiger partial charge in [0.1, 0.15) is 0 Å². The molecule has 0 radical (unpaired) electrons. The number of hydrogen-bond acceptors (Lipinski definition) is 2. The van der Waals surface area contributed by atoms with Crippen LogP contribution in [0, 0.1) is 17.8 Å². The third-order valence-electron chi connectivity index (χ3n) is 5.24. The lowest BCUT2D eigenvalue weighted by Crippen LogP contribution is -2.46. The molecule has 1 amide bonds. The third kappa shape index (κ3) is 2.29. The Morgan fingerprint density at radius 1 is 1.17 bits per heavy atom. The van der Waals surface area contributed by atoms with Crippen molar-refractivity contribution in [3.63, 3.8) is 0 Å². The molecular formula is C15H26N2O. The number of likely N-dealkylation sites (N-methyl/N-ethyl adjacent to an activating group) is 1.